The number of benzene rings is 2. The molecule has 6 nitrogen and oxygen atoms in total. The molecule has 0 aromatic heterocycles. The molecule has 1 saturated heterocycles. The van der Waals surface area contributed by atoms with Gasteiger partial charge in [-0.25, -0.2) is 0 Å². The third-order valence-corrected chi connectivity index (χ3v) is 3.96. The van der Waals surface area contributed by atoms with Crippen LogP contribution in [0.15, 0.2) is 30.3 Å². The van der Waals surface area contributed by atoms with E-state index in [0.29, 0.717) is 37.6 Å². The highest BCUT2D eigenvalue weighted by Gasteiger charge is 2.17. The maximum atomic E-state index is 12.1. The van der Waals surface area contributed by atoms with Crippen molar-refractivity contribution < 1.29 is 24.5 Å². The van der Waals surface area contributed by atoms with Crippen molar-refractivity contribution >= 4 is 16.7 Å². The minimum Gasteiger partial charge on any atom is -0.508 e. The Morgan fingerprint density at radius 3 is 2.74 bits per heavy atom. The molecule has 0 spiro atoms. The molecular weight excluding hydrogens is 298 g/mol. The Bertz CT molecular complexity index is 709. The monoisotopic (exact) mass is 317 g/mol. The predicted octanol–water partition coefficient (Wildman–Crippen LogP) is 1.28. The van der Waals surface area contributed by atoms with Crippen molar-refractivity contribution in [2.75, 3.05) is 32.9 Å². The minimum absolute atomic E-state index is 0.0174. The second-order valence-corrected chi connectivity index (χ2v) is 5.39. The van der Waals surface area contributed by atoms with Crippen LogP contribution in [-0.2, 0) is 16.1 Å². The van der Waals surface area contributed by atoms with Crippen LogP contribution in [0.1, 0.15) is 5.56 Å². The van der Waals surface area contributed by atoms with Gasteiger partial charge in [-0.15, -0.1) is 0 Å². The fourth-order valence-corrected chi connectivity index (χ4v) is 2.67. The number of aliphatic hydroxyl groups is 1. The molecule has 0 unspecified atom stereocenters. The summed E-state index contributed by atoms with van der Waals surface area (Å²) >= 11 is 0. The quantitative estimate of drug-likeness (QED) is 0.888. The molecule has 23 heavy (non-hydrogen) atoms. The molecule has 1 amide bonds. The van der Waals surface area contributed by atoms with Gasteiger partial charge in [0.1, 0.15) is 11.5 Å². The summed E-state index contributed by atoms with van der Waals surface area (Å²) in [5.74, 6) is 0.583. The summed E-state index contributed by atoms with van der Waals surface area (Å²) in [6.45, 7) is 2.07. The normalized spacial score (nSPS) is 14.9. The van der Waals surface area contributed by atoms with Crippen molar-refractivity contribution in [2.45, 2.75) is 6.61 Å². The molecule has 0 atom stereocenters. The minimum atomic E-state index is -0.237. The van der Waals surface area contributed by atoms with Gasteiger partial charge in [-0.1, -0.05) is 12.1 Å². The topological polar surface area (TPSA) is 79.2 Å². The lowest BCUT2D eigenvalue weighted by Crippen LogP contribution is -2.42. The number of ether oxygens (including phenoxy) is 2. The number of hydrogen-bond donors (Lipinski definition) is 2. The van der Waals surface area contributed by atoms with Crippen LogP contribution < -0.4 is 4.74 Å². The van der Waals surface area contributed by atoms with Gasteiger partial charge in [0.05, 0.1) is 19.8 Å². The first kappa shape index (κ1) is 15.6. The fourth-order valence-electron chi connectivity index (χ4n) is 2.67. The Balaban J connectivity index is 1.71. The van der Waals surface area contributed by atoms with Gasteiger partial charge in [0.15, 0.2) is 6.61 Å². The van der Waals surface area contributed by atoms with Crippen LogP contribution in [0, 0.1) is 0 Å². The Labute approximate surface area is 133 Å². The lowest BCUT2D eigenvalue weighted by Gasteiger charge is -2.26. The van der Waals surface area contributed by atoms with Crippen LogP contribution in [0.3, 0.4) is 0 Å². The van der Waals surface area contributed by atoms with Crippen LogP contribution in [-0.4, -0.2) is 53.9 Å². The van der Waals surface area contributed by atoms with E-state index in [9.17, 15) is 15.0 Å². The number of carbonyl (C=O) groups excluding carboxylic acids is 1. The Morgan fingerprint density at radius 2 is 2.00 bits per heavy atom. The summed E-state index contributed by atoms with van der Waals surface area (Å²) in [5, 5.41) is 20.7. The van der Waals surface area contributed by atoms with Gasteiger partial charge >= 0.3 is 0 Å². The molecular formula is C17H19NO5. The van der Waals surface area contributed by atoms with E-state index in [-0.39, 0.29) is 24.9 Å². The van der Waals surface area contributed by atoms with Crippen LogP contribution in [0.4, 0.5) is 0 Å². The molecule has 0 saturated carbocycles. The zero-order chi connectivity index (χ0) is 16.2. The number of hydrogen-bond acceptors (Lipinski definition) is 5. The summed E-state index contributed by atoms with van der Waals surface area (Å²) in [6, 6.07) is 8.58. The highest BCUT2D eigenvalue weighted by Crippen LogP contribution is 2.29. The van der Waals surface area contributed by atoms with E-state index in [4.69, 9.17) is 9.47 Å². The molecule has 3 rings (SSSR count). The van der Waals surface area contributed by atoms with E-state index in [1.165, 1.54) is 6.07 Å². The maximum absolute atomic E-state index is 12.1. The van der Waals surface area contributed by atoms with Crippen LogP contribution in [0.5, 0.6) is 11.5 Å². The SMILES string of the molecule is O=C(COc1ccc2c(CO)c(O)ccc2c1)N1CCOCC1. The summed E-state index contributed by atoms with van der Waals surface area (Å²) in [4.78, 5) is 13.8. The summed E-state index contributed by atoms with van der Waals surface area (Å²) < 4.78 is 10.8. The lowest BCUT2D eigenvalue weighted by atomic mass is 10.0. The molecule has 6 heteroatoms. The second kappa shape index (κ2) is 6.85. The van der Waals surface area contributed by atoms with Crippen molar-refractivity contribution in [3.63, 3.8) is 0 Å². The van der Waals surface area contributed by atoms with Gasteiger partial charge < -0.3 is 24.6 Å². The Hall–Kier alpha value is -2.31. The van der Waals surface area contributed by atoms with E-state index >= 15 is 0 Å². The molecule has 0 bridgehead atoms. The fraction of sp³-hybridized carbons (Fsp3) is 0.353. The van der Waals surface area contributed by atoms with E-state index < -0.39 is 0 Å². The number of carbonyl (C=O) groups is 1. The number of aliphatic hydroxyl groups excluding tert-OH is 1. The average molecular weight is 317 g/mol. The molecule has 122 valence electrons. The number of morpholine rings is 1. The zero-order valence-electron chi connectivity index (χ0n) is 12.7. The number of aromatic hydroxyl groups is 1. The van der Waals surface area contributed by atoms with Gasteiger partial charge in [-0.2, -0.15) is 0 Å². The highest BCUT2D eigenvalue weighted by atomic mass is 16.5. The van der Waals surface area contributed by atoms with Gasteiger partial charge in [0, 0.05) is 18.7 Å². The number of phenols is 1. The van der Waals surface area contributed by atoms with E-state index in [1.807, 2.05) is 0 Å². The molecule has 1 heterocycles. The van der Waals surface area contributed by atoms with Crippen molar-refractivity contribution in [1.29, 1.82) is 0 Å². The average Bonchev–Trinajstić information content (AvgIpc) is 2.60. The number of amides is 1. The standard InChI is InChI=1S/C17H19NO5/c19-10-15-14-3-2-13(9-12(14)1-4-16(15)20)23-11-17(21)18-5-7-22-8-6-18/h1-4,9,19-20H,5-8,10-11H2. The maximum Gasteiger partial charge on any atom is 0.260 e. The van der Waals surface area contributed by atoms with Gasteiger partial charge in [0.2, 0.25) is 0 Å². The van der Waals surface area contributed by atoms with E-state index in [2.05, 4.69) is 0 Å². The first-order valence-corrected chi connectivity index (χ1v) is 7.53. The van der Waals surface area contributed by atoms with Crippen molar-refractivity contribution in [3.8, 4) is 11.5 Å². The molecule has 1 fully saturated rings. The molecule has 2 aromatic carbocycles. The molecule has 0 aliphatic carbocycles. The summed E-state index contributed by atoms with van der Waals surface area (Å²) in [7, 11) is 0. The molecule has 0 radical (unpaired) electrons. The largest absolute Gasteiger partial charge is 0.508 e. The van der Waals surface area contributed by atoms with E-state index in [0.717, 1.165) is 10.8 Å². The van der Waals surface area contributed by atoms with E-state index in [1.54, 1.807) is 29.2 Å². The van der Waals surface area contributed by atoms with Crippen molar-refractivity contribution in [1.82, 2.24) is 4.90 Å². The van der Waals surface area contributed by atoms with Crippen LogP contribution in [0.25, 0.3) is 10.8 Å². The lowest BCUT2D eigenvalue weighted by molar-refractivity contribution is -0.137. The smallest absolute Gasteiger partial charge is 0.260 e. The van der Waals surface area contributed by atoms with Gasteiger partial charge in [-0.05, 0) is 29.0 Å². The summed E-state index contributed by atoms with van der Waals surface area (Å²) in [6.07, 6.45) is 0. The third-order valence-electron chi connectivity index (χ3n) is 3.96. The van der Waals surface area contributed by atoms with Gasteiger partial charge in [0.25, 0.3) is 5.91 Å². The Morgan fingerprint density at radius 1 is 1.22 bits per heavy atom. The predicted molar refractivity (Wildman–Crippen MR) is 84.4 cm³/mol. The first-order chi connectivity index (χ1) is 11.2. The summed E-state index contributed by atoms with van der Waals surface area (Å²) in [5.41, 5.74) is 0.485. The van der Waals surface area contributed by atoms with Crippen molar-refractivity contribution in [2.24, 2.45) is 0 Å². The third kappa shape index (κ3) is 3.38. The zero-order valence-corrected chi connectivity index (χ0v) is 12.7. The second-order valence-electron chi connectivity index (χ2n) is 5.39. The molecule has 1 aliphatic rings. The number of nitrogens with zero attached hydrogens (tertiary/aromatic N) is 1. The number of fused-ring (bicyclic) bond motifs is 1. The molecule has 2 aromatic rings. The first-order valence-electron chi connectivity index (χ1n) is 7.53. The van der Waals surface area contributed by atoms with Crippen molar-refractivity contribution in [3.05, 3.63) is 35.9 Å². The number of rotatable bonds is 4. The highest BCUT2D eigenvalue weighted by molar-refractivity contribution is 5.89. The molecule has 1 aliphatic heterocycles. The van der Waals surface area contributed by atoms with Crippen LogP contribution in [0.2, 0.25) is 0 Å². The Kier molecular flexibility index (Phi) is 4.64. The van der Waals surface area contributed by atoms with Crippen LogP contribution >= 0.6 is 0 Å². The molecule has 2 N–H and O–H groups in total. The van der Waals surface area contributed by atoms with Gasteiger partial charge in [-0.3, -0.25) is 4.79 Å².